The number of rotatable bonds is 6. The molecule has 1 aliphatic rings. The van der Waals surface area contributed by atoms with E-state index in [-0.39, 0.29) is 41.0 Å². The highest BCUT2D eigenvalue weighted by atomic mass is 35.5. The maximum absolute atomic E-state index is 12.3. The molecule has 0 saturated heterocycles. The largest absolute Gasteiger partial charge is 0.313 e. The Kier molecular flexibility index (Phi) is 6.29. The van der Waals surface area contributed by atoms with Crippen LogP contribution >= 0.6 is 12.4 Å². The molecule has 1 atom stereocenters. The second-order valence-corrected chi connectivity index (χ2v) is 6.95. The van der Waals surface area contributed by atoms with E-state index in [0.717, 1.165) is 11.4 Å². The smallest absolute Gasteiger partial charge is 0.261 e. The fraction of sp³-hybridized carbons (Fsp3) is 0.429. The summed E-state index contributed by atoms with van der Waals surface area (Å²) in [6, 6.07) is 3.95. The maximum Gasteiger partial charge on any atom is 0.261 e. The lowest BCUT2D eigenvalue weighted by atomic mass is 10.1. The zero-order valence-electron chi connectivity index (χ0n) is 13.1. The van der Waals surface area contributed by atoms with Crippen molar-refractivity contribution in [2.24, 2.45) is 0 Å². The van der Waals surface area contributed by atoms with Gasteiger partial charge in [-0.3, -0.25) is 14.5 Å². The van der Waals surface area contributed by atoms with Crippen molar-refractivity contribution in [2.75, 3.05) is 20.1 Å². The monoisotopic (exact) mass is 361 g/mol. The normalized spacial score (nSPS) is 15.3. The van der Waals surface area contributed by atoms with E-state index in [0.29, 0.717) is 0 Å². The quantitative estimate of drug-likeness (QED) is 0.724. The molecule has 0 radical (unpaired) electrons. The Labute approximate surface area is 141 Å². The molecule has 1 heterocycles. The summed E-state index contributed by atoms with van der Waals surface area (Å²) >= 11 is 0. The number of carbonyl (C=O) groups is 2. The molecule has 0 fully saturated rings. The van der Waals surface area contributed by atoms with Crippen LogP contribution in [0.1, 0.15) is 34.6 Å². The van der Waals surface area contributed by atoms with Crippen LogP contribution in [-0.4, -0.2) is 51.3 Å². The van der Waals surface area contributed by atoms with Crippen molar-refractivity contribution in [3.63, 3.8) is 0 Å². The van der Waals surface area contributed by atoms with Crippen molar-refractivity contribution < 1.29 is 18.0 Å². The predicted octanol–water partition coefficient (Wildman–Crippen LogP) is 0.610. The molecule has 1 aliphatic heterocycles. The zero-order valence-corrected chi connectivity index (χ0v) is 14.8. The fourth-order valence-corrected chi connectivity index (χ4v) is 3.40. The van der Waals surface area contributed by atoms with Gasteiger partial charge in [-0.15, -0.1) is 12.4 Å². The molecule has 1 aromatic carbocycles. The summed E-state index contributed by atoms with van der Waals surface area (Å²) in [5.41, 5.74) is 0.350. The Bertz CT molecular complexity index is 721. The molecular formula is C14H20ClN3O4S. The zero-order chi connectivity index (χ0) is 16.5. The molecule has 0 unspecified atom stereocenters. The number of hydrogen-bond acceptors (Lipinski definition) is 5. The van der Waals surface area contributed by atoms with Crippen LogP contribution in [0, 0.1) is 0 Å². The molecule has 1 aromatic rings. The van der Waals surface area contributed by atoms with Crippen LogP contribution in [0.5, 0.6) is 0 Å². The van der Waals surface area contributed by atoms with Crippen LogP contribution < -0.4 is 10.0 Å². The van der Waals surface area contributed by atoms with E-state index in [2.05, 4.69) is 10.0 Å². The average Bonchev–Trinajstić information content (AvgIpc) is 2.70. The standard InChI is InChI=1S/C14H19N3O4S.ClH/c1-4-15-9(2)8-16-22(20,21)10-5-6-11-12(7-10)14(19)17(3)13(11)18;/h5-7,9,15-16H,4,8H2,1-3H3;1H/t9-;/m1./s1. The van der Waals surface area contributed by atoms with Gasteiger partial charge in [0.15, 0.2) is 0 Å². The summed E-state index contributed by atoms with van der Waals surface area (Å²) in [5, 5.41) is 3.10. The predicted molar refractivity (Wildman–Crippen MR) is 88.4 cm³/mol. The van der Waals surface area contributed by atoms with E-state index in [4.69, 9.17) is 0 Å². The van der Waals surface area contributed by atoms with Crippen molar-refractivity contribution in [3.8, 4) is 0 Å². The van der Waals surface area contributed by atoms with E-state index >= 15 is 0 Å². The molecule has 7 nitrogen and oxygen atoms in total. The molecule has 2 amide bonds. The second-order valence-electron chi connectivity index (χ2n) is 5.19. The first-order valence-electron chi connectivity index (χ1n) is 6.97. The van der Waals surface area contributed by atoms with Gasteiger partial charge in [0.1, 0.15) is 0 Å². The molecule has 0 saturated carbocycles. The molecule has 0 aromatic heterocycles. The molecule has 128 valence electrons. The lowest BCUT2D eigenvalue weighted by molar-refractivity contribution is 0.0693. The summed E-state index contributed by atoms with van der Waals surface area (Å²) in [4.78, 5) is 24.7. The Morgan fingerprint density at radius 2 is 1.78 bits per heavy atom. The van der Waals surface area contributed by atoms with Crippen LogP contribution in [0.3, 0.4) is 0 Å². The highest BCUT2D eigenvalue weighted by Gasteiger charge is 2.33. The number of halogens is 1. The molecule has 0 bridgehead atoms. The molecule has 2 rings (SSSR count). The minimum Gasteiger partial charge on any atom is -0.313 e. The lowest BCUT2D eigenvalue weighted by Crippen LogP contribution is -2.38. The van der Waals surface area contributed by atoms with Gasteiger partial charge in [0.05, 0.1) is 16.0 Å². The van der Waals surface area contributed by atoms with Crippen molar-refractivity contribution in [2.45, 2.75) is 24.8 Å². The molecule has 2 N–H and O–H groups in total. The third-order valence-electron chi connectivity index (χ3n) is 3.50. The van der Waals surface area contributed by atoms with Gasteiger partial charge in [0.25, 0.3) is 11.8 Å². The van der Waals surface area contributed by atoms with Crippen LogP contribution in [0.25, 0.3) is 0 Å². The Morgan fingerprint density at radius 3 is 2.39 bits per heavy atom. The molecular weight excluding hydrogens is 342 g/mol. The van der Waals surface area contributed by atoms with Gasteiger partial charge >= 0.3 is 0 Å². The van der Waals surface area contributed by atoms with Crippen LogP contribution in [0.4, 0.5) is 0 Å². The number of likely N-dealkylation sites (N-methyl/N-ethyl adjacent to an activating group) is 1. The first kappa shape index (κ1) is 19.6. The minimum absolute atomic E-state index is 0. The van der Waals surface area contributed by atoms with Crippen LogP contribution in [-0.2, 0) is 10.0 Å². The van der Waals surface area contributed by atoms with Gasteiger partial charge < -0.3 is 5.32 Å². The summed E-state index contributed by atoms with van der Waals surface area (Å²) in [6.45, 7) is 4.78. The van der Waals surface area contributed by atoms with Crippen LogP contribution in [0.2, 0.25) is 0 Å². The average molecular weight is 362 g/mol. The summed E-state index contributed by atoms with van der Waals surface area (Å²) in [5.74, 6) is -0.907. The highest BCUT2D eigenvalue weighted by molar-refractivity contribution is 7.89. The summed E-state index contributed by atoms with van der Waals surface area (Å²) in [7, 11) is -2.36. The van der Waals surface area contributed by atoms with Gasteiger partial charge in [-0.2, -0.15) is 0 Å². The van der Waals surface area contributed by atoms with E-state index in [1.807, 2.05) is 13.8 Å². The van der Waals surface area contributed by atoms with Gasteiger partial charge in [0, 0.05) is 19.6 Å². The number of benzene rings is 1. The molecule has 0 aliphatic carbocycles. The number of amides is 2. The van der Waals surface area contributed by atoms with Crippen molar-refractivity contribution in [3.05, 3.63) is 29.3 Å². The highest BCUT2D eigenvalue weighted by Crippen LogP contribution is 2.24. The number of nitrogens with zero attached hydrogens (tertiary/aromatic N) is 1. The van der Waals surface area contributed by atoms with Gasteiger partial charge in [-0.1, -0.05) is 6.92 Å². The Balaban J connectivity index is 0.00000264. The minimum atomic E-state index is -3.73. The van der Waals surface area contributed by atoms with Gasteiger partial charge in [-0.05, 0) is 31.7 Å². The maximum atomic E-state index is 12.3. The molecule has 23 heavy (non-hydrogen) atoms. The molecule has 0 spiro atoms. The van der Waals surface area contributed by atoms with E-state index in [1.54, 1.807) is 0 Å². The number of hydrogen-bond donors (Lipinski definition) is 2. The lowest BCUT2D eigenvalue weighted by Gasteiger charge is -2.13. The number of carbonyl (C=O) groups excluding carboxylic acids is 2. The summed E-state index contributed by atoms with van der Waals surface area (Å²) < 4.78 is 27.0. The summed E-state index contributed by atoms with van der Waals surface area (Å²) in [6.07, 6.45) is 0. The number of imide groups is 1. The van der Waals surface area contributed by atoms with Gasteiger partial charge in [0.2, 0.25) is 10.0 Å². The van der Waals surface area contributed by atoms with Crippen LogP contribution in [0.15, 0.2) is 23.1 Å². The number of sulfonamides is 1. The second kappa shape index (κ2) is 7.39. The van der Waals surface area contributed by atoms with Crippen molar-refractivity contribution in [1.29, 1.82) is 0 Å². The number of fused-ring (bicyclic) bond motifs is 1. The van der Waals surface area contributed by atoms with E-state index in [1.165, 1.54) is 25.2 Å². The van der Waals surface area contributed by atoms with E-state index < -0.39 is 21.8 Å². The first-order valence-corrected chi connectivity index (χ1v) is 8.45. The Hall–Kier alpha value is -1.48. The van der Waals surface area contributed by atoms with Gasteiger partial charge in [-0.25, -0.2) is 13.1 Å². The SMILES string of the molecule is CCN[C@H](C)CNS(=O)(=O)c1ccc2c(c1)C(=O)N(C)C2=O.Cl. The molecule has 9 heteroatoms. The third-order valence-corrected chi connectivity index (χ3v) is 4.92. The van der Waals surface area contributed by atoms with Crippen molar-refractivity contribution >= 4 is 34.2 Å². The Morgan fingerprint density at radius 1 is 1.17 bits per heavy atom. The third kappa shape index (κ3) is 3.89. The van der Waals surface area contributed by atoms with Crippen molar-refractivity contribution in [1.82, 2.24) is 14.9 Å². The first-order chi connectivity index (χ1) is 10.3. The topological polar surface area (TPSA) is 95.6 Å². The van der Waals surface area contributed by atoms with E-state index in [9.17, 15) is 18.0 Å². The number of nitrogens with one attached hydrogen (secondary N) is 2. The fourth-order valence-electron chi connectivity index (χ4n) is 2.25.